The van der Waals surface area contributed by atoms with Gasteiger partial charge in [0.1, 0.15) is 18.2 Å². The molecule has 0 unspecified atom stereocenters. The lowest BCUT2D eigenvalue weighted by atomic mass is 10.1. The van der Waals surface area contributed by atoms with Gasteiger partial charge in [0.25, 0.3) is 11.2 Å². The Hall–Kier alpha value is -3.47. The summed E-state index contributed by atoms with van der Waals surface area (Å²) in [5, 5.41) is 22.5. The number of aryl methyl sites for hydroxylation is 1. The number of carbonyl (C=O) groups is 1. The molecular formula is C18H18N4O4. The van der Waals surface area contributed by atoms with Crippen LogP contribution in [0.15, 0.2) is 41.3 Å². The molecule has 1 heterocycles. The maximum absolute atomic E-state index is 12.1. The average Bonchev–Trinajstić information content (AvgIpc) is 2.62. The predicted octanol–water partition coefficient (Wildman–Crippen LogP) is 2.61. The van der Waals surface area contributed by atoms with Crippen LogP contribution in [-0.2, 0) is 17.8 Å². The molecule has 1 aromatic heterocycles. The van der Waals surface area contributed by atoms with E-state index < -0.39 is 28.6 Å². The number of aromatic nitrogens is 1. The molecule has 0 aliphatic rings. The maximum Gasteiger partial charge on any atom is 0.287 e. The first-order chi connectivity index (χ1) is 12.4. The standard InChI is InChI=1S/C18H18N4O4/c1-2-3-4-13-5-7-15(8-6-13)20-17(23)12-21-11-16(22(25)26)9-14(10-19)18(21)24/h5-9,11H,2-4,12H2,1H3,(H,20,23). The molecule has 1 N–H and O–H groups in total. The minimum absolute atomic E-state index is 0.382. The number of hydrogen-bond acceptors (Lipinski definition) is 5. The summed E-state index contributed by atoms with van der Waals surface area (Å²) in [6.07, 6.45) is 4.10. The molecule has 2 rings (SSSR count). The molecule has 1 amide bonds. The smallest absolute Gasteiger partial charge is 0.287 e. The number of amides is 1. The summed E-state index contributed by atoms with van der Waals surface area (Å²) in [5.74, 6) is -0.516. The van der Waals surface area contributed by atoms with Gasteiger partial charge in [-0.25, -0.2) is 0 Å². The topological polar surface area (TPSA) is 118 Å². The molecule has 0 aliphatic carbocycles. The van der Waals surface area contributed by atoms with Crippen LogP contribution in [0.1, 0.15) is 30.9 Å². The lowest BCUT2D eigenvalue weighted by Crippen LogP contribution is -2.29. The Morgan fingerprint density at radius 3 is 2.62 bits per heavy atom. The Morgan fingerprint density at radius 1 is 1.35 bits per heavy atom. The highest BCUT2D eigenvalue weighted by Gasteiger charge is 2.15. The van der Waals surface area contributed by atoms with Crippen molar-refractivity contribution in [3.05, 3.63) is 68.1 Å². The van der Waals surface area contributed by atoms with Crippen LogP contribution in [0.2, 0.25) is 0 Å². The highest BCUT2D eigenvalue weighted by Crippen LogP contribution is 2.13. The minimum Gasteiger partial charge on any atom is -0.325 e. The summed E-state index contributed by atoms with van der Waals surface area (Å²) in [7, 11) is 0. The summed E-state index contributed by atoms with van der Waals surface area (Å²) in [6.45, 7) is 1.69. The van der Waals surface area contributed by atoms with Crippen molar-refractivity contribution in [2.24, 2.45) is 0 Å². The molecule has 8 heteroatoms. The number of anilines is 1. The van der Waals surface area contributed by atoms with E-state index in [1.807, 2.05) is 12.1 Å². The zero-order valence-electron chi connectivity index (χ0n) is 14.3. The Labute approximate surface area is 149 Å². The van der Waals surface area contributed by atoms with E-state index in [9.17, 15) is 19.7 Å². The monoisotopic (exact) mass is 354 g/mol. The first-order valence-corrected chi connectivity index (χ1v) is 8.12. The van der Waals surface area contributed by atoms with Crippen molar-refractivity contribution in [1.82, 2.24) is 4.57 Å². The Kier molecular flexibility index (Phi) is 6.22. The highest BCUT2D eigenvalue weighted by atomic mass is 16.6. The number of carbonyl (C=O) groups excluding carboxylic acids is 1. The highest BCUT2D eigenvalue weighted by molar-refractivity contribution is 5.90. The van der Waals surface area contributed by atoms with E-state index in [0.29, 0.717) is 5.69 Å². The predicted molar refractivity (Wildman–Crippen MR) is 95.8 cm³/mol. The third kappa shape index (κ3) is 4.77. The fraction of sp³-hybridized carbons (Fsp3) is 0.278. The SMILES string of the molecule is CCCCc1ccc(NC(=O)Cn2cc([N+](=O)[O-])cc(C#N)c2=O)cc1. The van der Waals surface area contributed by atoms with Crippen molar-refractivity contribution in [3.63, 3.8) is 0 Å². The number of nitro groups is 1. The lowest BCUT2D eigenvalue weighted by Gasteiger charge is -2.08. The number of rotatable bonds is 7. The van der Waals surface area contributed by atoms with Gasteiger partial charge in [0.15, 0.2) is 0 Å². The quantitative estimate of drug-likeness (QED) is 0.605. The van der Waals surface area contributed by atoms with Crippen LogP contribution >= 0.6 is 0 Å². The molecule has 0 spiro atoms. The lowest BCUT2D eigenvalue weighted by molar-refractivity contribution is -0.385. The van der Waals surface area contributed by atoms with Gasteiger partial charge in [-0.3, -0.25) is 24.3 Å². The van der Waals surface area contributed by atoms with Crippen LogP contribution in [-0.4, -0.2) is 15.4 Å². The van der Waals surface area contributed by atoms with Crippen LogP contribution in [0, 0.1) is 21.4 Å². The Morgan fingerprint density at radius 2 is 2.04 bits per heavy atom. The maximum atomic E-state index is 12.1. The van der Waals surface area contributed by atoms with Crippen LogP contribution in [0.4, 0.5) is 11.4 Å². The number of nitriles is 1. The normalized spacial score (nSPS) is 10.2. The molecule has 26 heavy (non-hydrogen) atoms. The Balaban J connectivity index is 2.12. The zero-order chi connectivity index (χ0) is 19.1. The van der Waals surface area contributed by atoms with Crippen molar-refractivity contribution in [3.8, 4) is 6.07 Å². The van der Waals surface area contributed by atoms with E-state index in [2.05, 4.69) is 12.2 Å². The van der Waals surface area contributed by atoms with Crippen LogP contribution in [0.5, 0.6) is 0 Å². The van der Waals surface area contributed by atoms with Crippen molar-refractivity contribution in [1.29, 1.82) is 5.26 Å². The third-order valence-corrected chi connectivity index (χ3v) is 3.77. The summed E-state index contributed by atoms with van der Waals surface area (Å²) in [6, 6.07) is 9.86. The molecule has 0 bridgehead atoms. The van der Waals surface area contributed by atoms with E-state index >= 15 is 0 Å². The van der Waals surface area contributed by atoms with Gasteiger partial charge in [-0.05, 0) is 30.5 Å². The molecule has 0 saturated heterocycles. The van der Waals surface area contributed by atoms with Crippen molar-refractivity contribution < 1.29 is 9.72 Å². The summed E-state index contributed by atoms with van der Waals surface area (Å²) >= 11 is 0. The molecule has 134 valence electrons. The van der Waals surface area contributed by atoms with Crippen molar-refractivity contribution in [2.75, 3.05) is 5.32 Å². The number of hydrogen-bond donors (Lipinski definition) is 1. The van der Waals surface area contributed by atoms with Crippen LogP contribution in [0.25, 0.3) is 0 Å². The third-order valence-electron chi connectivity index (χ3n) is 3.77. The summed E-state index contributed by atoms with van der Waals surface area (Å²) in [4.78, 5) is 34.4. The van der Waals surface area contributed by atoms with Gasteiger partial charge in [-0.15, -0.1) is 0 Å². The summed E-state index contributed by atoms with van der Waals surface area (Å²) in [5.41, 5.74) is 0.178. The van der Waals surface area contributed by atoms with Gasteiger partial charge in [-0.2, -0.15) is 5.26 Å². The molecular weight excluding hydrogens is 336 g/mol. The largest absolute Gasteiger partial charge is 0.325 e. The molecule has 0 atom stereocenters. The second-order valence-corrected chi connectivity index (χ2v) is 5.76. The van der Waals surface area contributed by atoms with Gasteiger partial charge in [0.2, 0.25) is 5.91 Å². The summed E-state index contributed by atoms with van der Waals surface area (Å²) < 4.78 is 0.863. The molecule has 1 aromatic carbocycles. The molecule has 0 radical (unpaired) electrons. The van der Waals surface area contributed by atoms with Crippen molar-refractivity contribution >= 4 is 17.3 Å². The molecule has 0 saturated carbocycles. The molecule has 2 aromatic rings. The van der Waals surface area contributed by atoms with E-state index in [0.717, 1.165) is 36.1 Å². The number of nitrogens with zero attached hydrogens (tertiary/aromatic N) is 3. The number of pyridine rings is 1. The Bertz CT molecular complexity index is 910. The molecule has 8 nitrogen and oxygen atoms in total. The number of unbranched alkanes of at least 4 members (excludes halogenated alkanes) is 1. The fourth-order valence-corrected chi connectivity index (χ4v) is 2.41. The van der Waals surface area contributed by atoms with E-state index in [1.165, 1.54) is 5.56 Å². The first kappa shape index (κ1) is 18.9. The first-order valence-electron chi connectivity index (χ1n) is 8.12. The van der Waals surface area contributed by atoms with Gasteiger partial charge in [0, 0.05) is 11.8 Å². The van der Waals surface area contributed by atoms with E-state index in [4.69, 9.17) is 5.26 Å². The van der Waals surface area contributed by atoms with Gasteiger partial charge < -0.3 is 5.32 Å². The van der Waals surface area contributed by atoms with Crippen molar-refractivity contribution in [2.45, 2.75) is 32.7 Å². The van der Waals surface area contributed by atoms with Gasteiger partial charge in [0.05, 0.1) is 11.1 Å². The number of benzene rings is 1. The zero-order valence-corrected chi connectivity index (χ0v) is 14.3. The van der Waals surface area contributed by atoms with Crippen LogP contribution in [0.3, 0.4) is 0 Å². The van der Waals surface area contributed by atoms with Gasteiger partial charge in [-0.1, -0.05) is 25.5 Å². The van der Waals surface area contributed by atoms with Crippen LogP contribution < -0.4 is 10.9 Å². The molecule has 0 aliphatic heterocycles. The molecule has 0 fully saturated rings. The van der Waals surface area contributed by atoms with E-state index in [1.54, 1.807) is 18.2 Å². The van der Waals surface area contributed by atoms with E-state index in [-0.39, 0.29) is 5.56 Å². The number of nitrogens with one attached hydrogen (secondary N) is 1. The van der Waals surface area contributed by atoms with Gasteiger partial charge >= 0.3 is 0 Å². The fourth-order valence-electron chi connectivity index (χ4n) is 2.41. The second-order valence-electron chi connectivity index (χ2n) is 5.76. The second kappa shape index (κ2) is 8.58. The average molecular weight is 354 g/mol. The minimum atomic E-state index is -0.747.